The molecule has 1 heterocycles. The molecule has 0 spiro atoms. The van der Waals surface area contributed by atoms with Gasteiger partial charge in [-0.3, -0.25) is 9.79 Å². The highest BCUT2D eigenvalue weighted by Crippen LogP contribution is 2.50. The van der Waals surface area contributed by atoms with Crippen LogP contribution in [0.5, 0.6) is 0 Å². The van der Waals surface area contributed by atoms with Crippen LogP contribution in [0.1, 0.15) is 58.3 Å². The molecule has 1 aliphatic carbocycles. The van der Waals surface area contributed by atoms with Crippen LogP contribution in [0.25, 0.3) is 0 Å². The van der Waals surface area contributed by atoms with Crippen molar-refractivity contribution in [1.82, 2.24) is 0 Å². The number of terminal acetylenes is 1. The van der Waals surface area contributed by atoms with Gasteiger partial charge in [0, 0.05) is 31.1 Å². The molecule has 1 fully saturated rings. The van der Waals surface area contributed by atoms with Crippen molar-refractivity contribution >= 4 is 22.8 Å². The Hall–Kier alpha value is -1.73. The molecule has 0 bridgehead atoms. The van der Waals surface area contributed by atoms with E-state index in [4.69, 9.17) is 16.5 Å². The molecule has 2 rings (SSSR count). The zero-order valence-corrected chi connectivity index (χ0v) is 17.8. The number of carboxylic acid groups (broad SMARTS) is 1. The highest BCUT2D eigenvalue weighted by atomic mass is 32.2. The summed E-state index contributed by atoms with van der Waals surface area (Å²) in [5.41, 5.74) is -0.691. The number of carbonyl (C=O) groups is 1. The average Bonchev–Trinajstić information content (AvgIpc) is 3.13. The molecule has 0 saturated heterocycles. The molecule has 0 amide bonds. The summed E-state index contributed by atoms with van der Waals surface area (Å²) in [4.78, 5) is 15.5. The number of unbranched alkanes of at least 4 members (excludes halogenated alkanes) is 2. The lowest BCUT2D eigenvalue weighted by molar-refractivity contribution is -0.137. The minimum absolute atomic E-state index is 0.0133. The Morgan fingerprint density at radius 1 is 1.45 bits per heavy atom. The Balaban J connectivity index is 2.06. The van der Waals surface area contributed by atoms with E-state index in [1.807, 2.05) is 6.08 Å². The van der Waals surface area contributed by atoms with Crippen LogP contribution in [0.3, 0.4) is 0 Å². The second-order valence-electron chi connectivity index (χ2n) is 7.78. The lowest BCUT2D eigenvalue weighted by atomic mass is 9.83. The van der Waals surface area contributed by atoms with Crippen LogP contribution >= 0.6 is 11.8 Å². The number of thioether (sulfide) groups is 1. The Bertz CT molecular complexity index is 729. The van der Waals surface area contributed by atoms with Crippen LogP contribution in [-0.2, 0) is 4.79 Å². The molecule has 0 aromatic heterocycles. The summed E-state index contributed by atoms with van der Waals surface area (Å²) in [5.74, 6) is 7.92. The first-order valence-electron chi connectivity index (χ1n) is 10.4. The van der Waals surface area contributed by atoms with Gasteiger partial charge in [0.15, 0.2) is 0 Å². The summed E-state index contributed by atoms with van der Waals surface area (Å²) in [6, 6.07) is 0. The summed E-state index contributed by atoms with van der Waals surface area (Å²) in [7, 11) is 0. The van der Waals surface area contributed by atoms with Gasteiger partial charge in [-0.2, -0.15) is 0 Å². The van der Waals surface area contributed by atoms with E-state index >= 15 is 0 Å². The van der Waals surface area contributed by atoms with Crippen molar-refractivity contribution < 1.29 is 20.1 Å². The van der Waals surface area contributed by atoms with Crippen molar-refractivity contribution in [3.63, 3.8) is 0 Å². The van der Waals surface area contributed by atoms with Gasteiger partial charge in [0.2, 0.25) is 0 Å². The largest absolute Gasteiger partial charge is 0.481 e. The van der Waals surface area contributed by atoms with Crippen molar-refractivity contribution in [3.05, 3.63) is 12.2 Å². The van der Waals surface area contributed by atoms with Crippen molar-refractivity contribution in [2.24, 2.45) is 16.8 Å². The third-order valence-corrected chi connectivity index (χ3v) is 6.66. The maximum absolute atomic E-state index is 10.7. The SMILES string of the molecule is C#CC#CC12CC(O)C(C=CC(O)CCCCC)C1CC(SCCCC(=O)O)=N2. The molecule has 5 atom stereocenters. The van der Waals surface area contributed by atoms with Crippen molar-refractivity contribution in [2.75, 3.05) is 5.75 Å². The average molecular weight is 418 g/mol. The van der Waals surface area contributed by atoms with Crippen LogP contribution in [0.4, 0.5) is 0 Å². The minimum atomic E-state index is -0.794. The fraction of sp³-hybridized carbons (Fsp3) is 0.652. The summed E-state index contributed by atoms with van der Waals surface area (Å²) in [6.45, 7) is 2.13. The Labute approximate surface area is 178 Å². The molecule has 5 nitrogen and oxygen atoms in total. The first-order chi connectivity index (χ1) is 13.9. The first kappa shape index (κ1) is 23.5. The minimum Gasteiger partial charge on any atom is -0.481 e. The van der Waals surface area contributed by atoms with Crippen LogP contribution in [0, 0.1) is 36.0 Å². The Kier molecular flexibility index (Phi) is 9.30. The van der Waals surface area contributed by atoms with Gasteiger partial charge in [0.05, 0.1) is 17.3 Å². The van der Waals surface area contributed by atoms with E-state index in [0.29, 0.717) is 25.0 Å². The molecule has 29 heavy (non-hydrogen) atoms. The number of hydrogen-bond acceptors (Lipinski definition) is 5. The predicted molar refractivity (Wildman–Crippen MR) is 118 cm³/mol. The second kappa shape index (κ2) is 11.5. The number of aliphatic hydroxyl groups is 2. The van der Waals surface area contributed by atoms with Gasteiger partial charge in [-0.15, -0.1) is 18.2 Å². The van der Waals surface area contributed by atoms with E-state index in [2.05, 4.69) is 24.7 Å². The van der Waals surface area contributed by atoms with Gasteiger partial charge in [-0.05, 0) is 30.4 Å². The number of aliphatic hydroxyl groups excluding tert-OH is 2. The summed E-state index contributed by atoms with van der Waals surface area (Å²) in [5, 5.41) is 30.6. The normalized spacial score (nSPS) is 29.0. The Morgan fingerprint density at radius 3 is 2.93 bits per heavy atom. The number of nitrogens with zero attached hydrogens (tertiary/aromatic N) is 1. The monoisotopic (exact) mass is 417 g/mol. The van der Waals surface area contributed by atoms with Gasteiger partial charge in [0.25, 0.3) is 0 Å². The number of fused-ring (bicyclic) bond motifs is 1. The molecule has 5 unspecified atom stereocenters. The zero-order valence-electron chi connectivity index (χ0n) is 17.0. The smallest absolute Gasteiger partial charge is 0.303 e. The lowest BCUT2D eigenvalue weighted by Gasteiger charge is -2.22. The maximum atomic E-state index is 10.7. The number of rotatable bonds is 10. The number of hydrogen-bond donors (Lipinski definition) is 3. The van der Waals surface area contributed by atoms with Crippen LogP contribution < -0.4 is 0 Å². The predicted octanol–water partition coefficient (Wildman–Crippen LogP) is 3.26. The molecule has 6 heteroatoms. The van der Waals surface area contributed by atoms with Crippen LogP contribution in [0.15, 0.2) is 17.1 Å². The number of carboxylic acids is 1. The molecular weight excluding hydrogens is 386 g/mol. The second-order valence-corrected chi connectivity index (χ2v) is 8.95. The van der Waals surface area contributed by atoms with E-state index < -0.39 is 23.7 Å². The van der Waals surface area contributed by atoms with E-state index in [9.17, 15) is 15.0 Å². The third-order valence-electron chi connectivity index (χ3n) is 5.58. The number of aliphatic imine (C=N–C) groups is 1. The molecule has 0 aromatic carbocycles. The fourth-order valence-electron chi connectivity index (χ4n) is 4.12. The highest BCUT2D eigenvalue weighted by molar-refractivity contribution is 8.13. The standard InChI is InChI=1S/C23H31NO4S/c1-3-5-7-9-17(25)11-12-18-19-15-21(29-14-8-10-22(27)28)24-23(19,13-6-4-2)16-20(18)26/h2,11-12,17-20,25-26H,3,5,7-10,14-16H2,1H3,(H,27,28). The van der Waals surface area contributed by atoms with Gasteiger partial charge < -0.3 is 15.3 Å². The van der Waals surface area contributed by atoms with Crippen molar-refractivity contribution in [2.45, 2.75) is 76.0 Å². The quantitative estimate of drug-likeness (QED) is 0.288. The molecular formula is C23H31NO4S. The van der Waals surface area contributed by atoms with Crippen LogP contribution in [-0.4, -0.2) is 49.8 Å². The van der Waals surface area contributed by atoms with E-state index in [1.165, 1.54) is 0 Å². The molecule has 158 valence electrons. The number of aliphatic carboxylic acids is 1. The fourth-order valence-corrected chi connectivity index (χ4v) is 5.17. The van der Waals surface area contributed by atoms with Crippen LogP contribution in [0.2, 0.25) is 0 Å². The lowest BCUT2D eigenvalue weighted by Crippen LogP contribution is -2.27. The maximum Gasteiger partial charge on any atom is 0.303 e. The molecule has 0 aromatic rings. The molecule has 1 saturated carbocycles. The first-order valence-corrected chi connectivity index (χ1v) is 11.4. The van der Waals surface area contributed by atoms with Crippen molar-refractivity contribution in [3.8, 4) is 24.2 Å². The molecule has 0 radical (unpaired) electrons. The van der Waals surface area contributed by atoms with Gasteiger partial charge in [-0.25, -0.2) is 0 Å². The molecule has 3 N–H and O–H groups in total. The summed E-state index contributed by atoms with van der Waals surface area (Å²) >= 11 is 1.57. The summed E-state index contributed by atoms with van der Waals surface area (Å²) in [6.07, 6.45) is 13.7. The Morgan fingerprint density at radius 2 is 2.24 bits per heavy atom. The van der Waals surface area contributed by atoms with Gasteiger partial charge in [0.1, 0.15) is 5.54 Å². The van der Waals surface area contributed by atoms with Crippen molar-refractivity contribution in [1.29, 1.82) is 0 Å². The molecule has 2 aliphatic rings. The topological polar surface area (TPSA) is 90.1 Å². The summed E-state index contributed by atoms with van der Waals surface area (Å²) < 4.78 is 0. The highest BCUT2D eigenvalue weighted by Gasteiger charge is 2.55. The van der Waals surface area contributed by atoms with Gasteiger partial charge in [-0.1, -0.05) is 44.3 Å². The molecule has 1 aliphatic heterocycles. The van der Waals surface area contributed by atoms with Gasteiger partial charge >= 0.3 is 5.97 Å². The zero-order chi connectivity index (χ0) is 21.3. The van der Waals surface area contributed by atoms with E-state index in [1.54, 1.807) is 17.8 Å². The van der Waals surface area contributed by atoms with E-state index in [-0.39, 0.29) is 18.3 Å². The third kappa shape index (κ3) is 6.64. The van der Waals surface area contributed by atoms with E-state index in [0.717, 1.165) is 30.7 Å².